The largest absolute Gasteiger partial charge is 0.374 e. The number of likely N-dealkylation sites (N-methyl/N-ethyl adjacent to an activating group) is 2. The molecule has 1 rings (SSSR count). The molecule has 0 bridgehead atoms. The van der Waals surface area contributed by atoms with Crippen molar-refractivity contribution in [2.24, 2.45) is 0 Å². The van der Waals surface area contributed by atoms with Crippen molar-refractivity contribution in [2.45, 2.75) is 70.4 Å². The Morgan fingerprint density at radius 3 is 2.47 bits per heavy atom. The first-order valence-electron chi connectivity index (χ1n) is 8.25. The van der Waals surface area contributed by atoms with E-state index in [0.29, 0.717) is 12.1 Å². The van der Waals surface area contributed by atoms with Crippen molar-refractivity contribution in [1.29, 1.82) is 0 Å². The molecule has 2 unspecified atom stereocenters. The molecule has 1 N–H and O–H groups in total. The average molecular weight is 270 g/mol. The van der Waals surface area contributed by atoms with Crippen LogP contribution >= 0.6 is 0 Å². The standard InChI is InChI=1S/C16H34N2O/c1-4-5-6-7-8-9-10-11-15(17-2)16-14-18(3)12-13-19-16/h15-17H,4-14H2,1-3H3. The van der Waals surface area contributed by atoms with Crippen LogP contribution in [0.15, 0.2) is 0 Å². The second-order valence-electron chi connectivity index (χ2n) is 5.98. The van der Waals surface area contributed by atoms with Gasteiger partial charge < -0.3 is 15.0 Å². The van der Waals surface area contributed by atoms with Gasteiger partial charge in [0.05, 0.1) is 12.7 Å². The van der Waals surface area contributed by atoms with E-state index >= 15 is 0 Å². The molecule has 2 atom stereocenters. The number of rotatable bonds is 10. The van der Waals surface area contributed by atoms with E-state index in [0.717, 1.165) is 19.7 Å². The van der Waals surface area contributed by atoms with Crippen LogP contribution in [-0.4, -0.2) is 50.8 Å². The van der Waals surface area contributed by atoms with Crippen molar-refractivity contribution in [3.8, 4) is 0 Å². The Bertz CT molecular complexity index is 211. The number of hydrogen-bond acceptors (Lipinski definition) is 3. The fourth-order valence-corrected chi connectivity index (χ4v) is 2.89. The molecule has 3 nitrogen and oxygen atoms in total. The van der Waals surface area contributed by atoms with Crippen molar-refractivity contribution >= 4 is 0 Å². The highest BCUT2D eigenvalue weighted by molar-refractivity contribution is 4.81. The van der Waals surface area contributed by atoms with E-state index in [4.69, 9.17) is 4.74 Å². The van der Waals surface area contributed by atoms with Gasteiger partial charge in [0.15, 0.2) is 0 Å². The van der Waals surface area contributed by atoms with Gasteiger partial charge in [-0.1, -0.05) is 51.9 Å². The van der Waals surface area contributed by atoms with E-state index in [9.17, 15) is 0 Å². The van der Waals surface area contributed by atoms with Gasteiger partial charge in [-0.3, -0.25) is 0 Å². The Kier molecular flexibility index (Phi) is 9.48. The number of nitrogens with zero attached hydrogens (tertiary/aromatic N) is 1. The van der Waals surface area contributed by atoms with E-state index in [-0.39, 0.29) is 0 Å². The average Bonchev–Trinajstić information content (AvgIpc) is 2.42. The van der Waals surface area contributed by atoms with Crippen LogP contribution in [0, 0.1) is 0 Å². The van der Waals surface area contributed by atoms with Crippen LogP contribution in [0.3, 0.4) is 0 Å². The van der Waals surface area contributed by atoms with Gasteiger partial charge in [0.2, 0.25) is 0 Å². The summed E-state index contributed by atoms with van der Waals surface area (Å²) in [7, 11) is 4.26. The zero-order valence-corrected chi connectivity index (χ0v) is 13.3. The van der Waals surface area contributed by atoms with Crippen LogP contribution < -0.4 is 5.32 Å². The summed E-state index contributed by atoms with van der Waals surface area (Å²) in [5.74, 6) is 0. The summed E-state index contributed by atoms with van der Waals surface area (Å²) in [6, 6.07) is 0.526. The third-order valence-electron chi connectivity index (χ3n) is 4.23. The van der Waals surface area contributed by atoms with E-state index < -0.39 is 0 Å². The third-order valence-corrected chi connectivity index (χ3v) is 4.23. The first kappa shape index (κ1) is 16.9. The van der Waals surface area contributed by atoms with E-state index in [1.54, 1.807) is 0 Å². The third kappa shape index (κ3) is 7.28. The van der Waals surface area contributed by atoms with E-state index in [1.165, 1.54) is 51.4 Å². The molecule has 1 aliphatic heterocycles. The molecule has 19 heavy (non-hydrogen) atoms. The number of hydrogen-bond donors (Lipinski definition) is 1. The maximum absolute atomic E-state index is 5.91. The Balaban J connectivity index is 2.07. The minimum Gasteiger partial charge on any atom is -0.374 e. The van der Waals surface area contributed by atoms with Gasteiger partial charge in [-0.05, 0) is 20.5 Å². The van der Waals surface area contributed by atoms with Gasteiger partial charge in [-0.15, -0.1) is 0 Å². The van der Waals surface area contributed by atoms with Crippen molar-refractivity contribution in [3.63, 3.8) is 0 Å². The second kappa shape index (κ2) is 10.6. The van der Waals surface area contributed by atoms with Gasteiger partial charge >= 0.3 is 0 Å². The predicted octanol–water partition coefficient (Wildman–Crippen LogP) is 3.05. The van der Waals surface area contributed by atoms with Crippen LogP contribution in [0.1, 0.15) is 58.3 Å². The molecule has 0 aliphatic carbocycles. The van der Waals surface area contributed by atoms with Crippen LogP contribution in [-0.2, 0) is 4.74 Å². The molecule has 1 aliphatic rings. The fraction of sp³-hybridized carbons (Fsp3) is 1.00. The van der Waals surface area contributed by atoms with Gasteiger partial charge in [0.1, 0.15) is 0 Å². The molecule has 1 fully saturated rings. The SMILES string of the molecule is CCCCCCCCCC(NC)C1CN(C)CCO1. The molecule has 0 spiro atoms. The number of unbranched alkanes of at least 4 members (excludes halogenated alkanes) is 6. The van der Waals surface area contributed by atoms with Crippen molar-refractivity contribution < 1.29 is 4.74 Å². The molecule has 0 aromatic rings. The molecule has 0 aromatic carbocycles. The minimum atomic E-state index is 0.379. The predicted molar refractivity (Wildman–Crippen MR) is 82.7 cm³/mol. The minimum absolute atomic E-state index is 0.379. The zero-order valence-electron chi connectivity index (χ0n) is 13.3. The monoisotopic (exact) mass is 270 g/mol. The molecule has 1 saturated heterocycles. The Morgan fingerprint density at radius 2 is 1.84 bits per heavy atom. The van der Waals surface area contributed by atoms with E-state index in [2.05, 4.69) is 31.2 Å². The smallest absolute Gasteiger partial charge is 0.0855 e. The molecule has 0 aromatic heterocycles. The number of nitrogens with one attached hydrogen (secondary N) is 1. The molecule has 0 saturated carbocycles. The Hall–Kier alpha value is -0.120. The summed E-state index contributed by atoms with van der Waals surface area (Å²) in [5.41, 5.74) is 0. The molecule has 0 amide bonds. The summed E-state index contributed by atoms with van der Waals surface area (Å²) < 4.78 is 5.91. The first-order valence-corrected chi connectivity index (χ1v) is 8.25. The summed E-state index contributed by atoms with van der Waals surface area (Å²) in [6.45, 7) is 5.31. The molecule has 0 radical (unpaired) electrons. The topological polar surface area (TPSA) is 24.5 Å². The van der Waals surface area contributed by atoms with Crippen molar-refractivity contribution in [1.82, 2.24) is 10.2 Å². The highest BCUT2D eigenvalue weighted by Crippen LogP contribution is 2.15. The normalized spacial score (nSPS) is 22.6. The Morgan fingerprint density at radius 1 is 1.16 bits per heavy atom. The van der Waals surface area contributed by atoms with Gasteiger partial charge in [0, 0.05) is 19.1 Å². The lowest BCUT2D eigenvalue weighted by molar-refractivity contribution is -0.0390. The zero-order chi connectivity index (χ0) is 13.9. The maximum atomic E-state index is 5.91. The molecule has 1 heterocycles. The Labute approximate surface area is 120 Å². The van der Waals surface area contributed by atoms with Crippen LogP contribution in [0.4, 0.5) is 0 Å². The first-order chi connectivity index (χ1) is 9.27. The highest BCUT2D eigenvalue weighted by atomic mass is 16.5. The van der Waals surface area contributed by atoms with Crippen LogP contribution in [0.25, 0.3) is 0 Å². The lowest BCUT2D eigenvalue weighted by atomic mass is 10.0. The highest BCUT2D eigenvalue weighted by Gasteiger charge is 2.24. The van der Waals surface area contributed by atoms with Gasteiger partial charge in [-0.25, -0.2) is 0 Å². The summed E-state index contributed by atoms with van der Waals surface area (Å²) in [4.78, 5) is 2.38. The number of ether oxygens (including phenoxy) is 1. The molecular weight excluding hydrogens is 236 g/mol. The molecule has 3 heteroatoms. The maximum Gasteiger partial charge on any atom is 0.0855 e. The quantitative estimate of drug-likeness (QED) is 0.618. The lowest BCUT2D eigenvalue weighted by Crippen LogP contribution is -2.50. The van der Waals surface area contributed by atoms with Crippen molar-refractivity contribution in [2.75, 3.05) is 33.8 Å². The second-order valence-corrected chi connectivity index (χ2v) is 5.98. The fourth-order valence-electron chi connectivity index (χ4n) is 2.89. The molecular formula is C16H34N2O. The number of morpholine rings is 1. The van der Waals surface area contributed by atoms with Gasteiger partial charge in [0.25, 0.3) is 0 Å². The van der Waals surface area contributed by atoms with Crippen molar-refractivity contribution in [3.05, 3.63) is 0 Å². The lowest BCUT2D eigenvalue weighted by Gasteiger charge is -2.35. The molecule has 114 valence electrons. The summed E-state index contributed by atoms with van der Waals surface area (Å²) in [6.07, 6.45) is 11.3. The van der Waals surface area contributed by atoms with Crippen LogP contribution in [0.2, 0.25) is 0 Å². The summed E-state index contributed by atoms with van der Waals surface area (Å²) >= 11 is 0. The van der Waals surface area contributed by atoms with Crippen LogP contribution in [0.5, 0.6) is 0 Å². The van der Waals surface area contributed by atoms with E-state index in [1.807, 2.05) is 0 Å². The van der Waals surface area contributed by atoms with Gasteiger partial charge in [-0.2, -0.15) is 0 Å². The summed E-state index contributed by atoms with van der Waals surface area (Å²) in [5, 5.41) is 3.45.